The second kappa shape index (κ2) is 8.44. The summed E-state index contributed by atoms with van der Waals surface area (Å²) in [5, 5.41) is 0. The predicted molar refractivity (Wildman–Crippen MR) is 107 cm³/mol. The van der Waals surface area contributed by atoms with Crippen molar-refractivity contribution in [3.05, 3.63) is 65.7 Å². The first kappa shape index (κ1) is 20.5. The second-order valence-corrected chi connectivity index (χ2v) is 8.25. The summed E-state index contributed by atoms with van der Waals surface area (Å²) in [7, 11) is -0.458. The molecule has 0 radical (unpaired) electrons. The van der Waals surface area contributed by atoms with Gasteiger partial charge in [-0.3, -0.25) is 19.3 Å². The van der Waals surface area contributed by atoms with E-state index in [1.54, 1.807) is 62.6 Å². The smallest absolute Gasteiger partial charge is 0.308 e. The number of amides is 1. The second-order valence-electron chi connectivity index (χ2n) is 6.60. The molecule has 0 aliphatic carbocycles. The van der Waals surface area contributed by atoms with Gasteiger partial charge in [-0.1, -0.05) is 42.5 Å². The third kappa shape index (κ3) is 4.62. The van der Waals surface area contributed by atoms with E-state index in [9.17, 15) is 18.0 Å². The Morgan fingerprint density at radius 1 is 1.07 bits per heavy atom. The molecule has 1 aliphatic rings. The Morgan fingerprint density at radius 3 is 2.41 bits per heavy atom. The molecule has 1 unspecified atom stereocenters. The fraction of sp³-hybridized carbons (Fsp3) is 0.250. The van der Waals surface area contributed by atoms with Gasteiger partial charge in [0.15, 0.2) is 0 Å². The lowest BCUT2D eigenvalue weighted by molar-refractivity contribution is -0.159. The summed E-state index contributed by atoms with van der Waals surface area (Å²) in [5.41, 5.74) is 1.04. The van der Waals surface area contributed by atoms with E-state index in [0.717, 1.165) is 0 Å². The van der Waals surface area contributed by atoms with E-state index in [2.05, 4.69) is 9.71 Å². The Morgan fingerprint density at radius 2 is 1.72 bits per heavy atom. The minimum atomic E-state index is -3.63. The van der Waals surface area contributed by atoms with E-state index in [-0.39, 0.29) is 29.6 Å². The molecule has 1 aliphatic heterocycles. The number of carbonyl (C=O) groups is 2. The molecule has 2 aromatic rings. The minimum absolute atomic E-state index is 0.0166. The van der Waals surface area contributed by atoms with Gasteiger partial charge in [-0.25, -0.2) is 8.42 Å². The number of carbonyl (C=O) groups excluding carboxylic acids is 2. The average molecular weight is 415 g/mol. The first-order chi connectivity index (χ1) is 13.8. The Hall–Kier alpha value is -3.20. The van der Waals surface area contributed by atoms with Crippen molar-refractivity contribution in [3.8, 4) is 0 Å². The fourth-order valence-corrected chi connectivity index (χ4v) is 4.07. The van der Waals surface area contributed by atoms with Crippen LogP contribution in [0.1, 0.15) is 23.7 Å². The summed E-state index contributed by atoms with van der Waals surface area (Å²) in [4.78, 5) is 30.4. The first-order valence-corrected chi connectivity index (χ1v) is 10.4. The third-order valence-corrected chi connectivity index (χ3v) is 5.66. The van der Waals surface area contributed by atoms with E-state index >= 15 is 0 Å². The van der Waals surface area contributed by atoms with Crippen molar-refractivity contribution in [3.63, 3.8) is 0 Å². The quantitative estimate of drug-likeness (QED) is 0.720. The van der Waals surface area contributed by atoms with E-state index < -0.39 is 22.1 Å². The van der Waals surface area contributed by atoms with Crippen LogP contribution in [0.15, 0.2) is 64.5 Å². The van der Waals surface area contributed by atoms with Crippen molar-refractivity contribution in [2.24, 2.45) is 4.99 Å². The number of nitrogens with zero attached hydrogens (tertiary/aromatic N) is 2. The van der Waals surface area contributed by atoms with Crippen LogP contribution in [0.4, 0.5) is 0 Å². The van der Waals surface area contributed by atoms with Gasteiger partial charge in [0.2, 0.25) is 6.10 Å². The first-order valence-electron chi connectivity index (χ1n) is 8.92. The van der Waals surface area contributed by atoms with E-state index in [4.69, 9.17) is 4.74 Å². The number of likely N-dealkylation sites (N-methyl/N-ethyl adjacent to an activating group) is 1. The number of amidine groups is 1. The van der Waals surface area contributed by atoms with Crippen LogP contribution in [0, 0.1) is 0 Å². The van der Waals surface area contributed by atoms with Gasteiger partial charge in [-0.05, 0) is 12.1 Å². The molecule has 0 saturated carbocycles. The Kier molecular flexibility index (Phi) is 5.97. The highest BCUT2D eigenvalue weighted by atomic mass is 32.2. The zero-order chi connectivity index (χ0) is 21.0. The number of aliphatic imine (C=N–C) groups is 1. The largest absolute Gasteiger partial charge is 0.447 e. The SMILES string of the molecule is CN(C)C(=O)C(OC(=O)CCN=C1NS(=O)(=O)c2ccccc21)c1ccccc1. The van der Waals surface area contributed by atoms with Gasteiger partial charge in [-0.15, -0.1) is 0 Å². The molecular weight excluding hydrogens is 394 g/mol. The number of sulfonamides is 1. The molecule has 1 heterocycles. The Bertz CT molecular complexity index is 1050. The van der Waals surface area contributed by atoms with Crippen LogP contribution in [0.25, 0.3) is 0 Å². The van der Waals surface area contributed by atoms with Crippen LogP contribution in [-0.4, -0.2) is 51.7 Å². The number of ether oxygens (including phenoxy) is 1. The maximum Gasteiger partial charge on any atom is 0.308 e. The highest BCUT2D eigenvalue weighted by Crippen LogP contribution is 2.23. The molecule has 3 rings (SSSR count). The summed E-state index contributed by atoms with van der Waals surface area (Å²) in [5.74, 6) is -0.765. The maximum atomic E-state index is 12.4. The Balaban J connectivity index is 1.68. The van der Waals surface area contributed by atoms with Crippen LogP contribution in [0.2, 0.25) is 0 Å². The van der Waals surface area contributed by atoms with Crippen LogP contribution in [0.3, 0.4) is 0 Å². The van der Waals surface area contributed by atoms with Crippen LogP contribution in [0.5, 0.6) is 0 Å². The van der Waals surface area contributed by atoms with Crippen molar-refractivity contribution < 1.29 is 22.7 Å². The molecule has 2 aromatic carbocycles. The molecule has 0 saturated heterocycles. The molecule has 8 nitrogen and oxygen atoms in total. The molecule has 0 aromatic heterocycles. The molecule has 0 spiro atoms. The van der Waals surface area contributed by atoms with Crippen LogP contribution >= 0.6 is 0 Å². The summed E-state index contributed by atoms with van der Waals surface area (Å²) >= 11 is 0. The molecule has 152 valence electrons. The van der Waals surface area contributed by atoms with Gasteiger partial charge < -0.3 is 9.64 Å². The molecule has 1 N–H and O–H groups in total. The van der Waals surface area contributed by atoms with Gasteiger partial charge in [0.05, 0.1) is 17.9 Å². The number of hydrogen-bond acceptors (Lipinski definition) is 6. The minimum Gasteiger partial charge on any atom is -0.447 e. The average Bonchev–Trinajstić information content (AvgIpc) is 2.97. The molecule has 0 bridgehead atoms. The fourth-order valence-electron chi connectivity index (χ4n) is 2.82. The summed E-state index contributed by atoms with van der Waals surface area (Å²) in [6.45, 7) is 0.0166. The topological polar surface area (TPSA) is 105 Å². The van der Waals surface area contributed by atoms with Crippen molar-refractivity contribution in [2.45, 2.75) is 17.4 Å². The lowest BCUT2D eigenvalue weighted by Gasteiger charge is -2.21. The van der Waals surface area contributed by atoms with Crippen molar-refractivity contribution in [2.75, 3.05) is 20.6 Å². The summed E-state index contributed by atoms with van der Waals surface area (Å²) in [6.07, 6.45) is -1.14. The molecule has 9 heteroatoms. The van der Waals surface area contributed by atoms with Crippen molar-refractivity contribution in [1.29, 1.82) is 0 Å². The van der Waals surface area contributed by atoms with Crippen LogP contribution in [-0.2, 0) is 24.3 Å². The van der Waals surface area contributed by atoms with Crippen molar-refractivity contribution in [1.82, 2.24) is 9.62 Å². The molecule has 0 fully saturated rings. The summed E-state index contributed by atoms with van der Waals surface area (Å²) < 4.78 is 31.9. The van der Waals surface area contributed by atoms with Gasteiger partial charge in [0.25, 0.3) is 15.9 Å². The maximum absolute atomic E-state index is 12.4. The zero-order valence-corrected chi connectivity index (χ0v) is 16.8. The molecule has 1 amide bonds. The van der Waals surface area contributed by atoms with E-state index in [0.29, 0.717) is 11.1 Å². The van der Waals surface area contributed by atoms with E-state index in [1.807, 2.05) is 0 Å². The van der Waals surface area contributed by atoms with Gasteiger partial charge in [0.1, 0.15) is 5.84 Å². The standard InChI is InChI=1S/C20H21N3O5S/c1-23(2)20(25)18(14-8-4-3-5-9-14)28-17(24)12-13-21-19-15-10-6-7-11-16(15)29(26,27)22-19/h3-11,18H,12-13H2,1-2H3,(H,21,22). The highest BCUT2D eigenvalue weighted by Gasteiger charge is 2.30. The number of rotatable bonds is 6. The van der Waals surface area contributed by atoms with E-state index in [1.165, 1.54) is 11.0 Å². The normalized spacial score (nSPS) is 16.6. The number of hydrogen-bond donors (Lipinski definition) is 1. The highest BCUT2D eigenvalue weighted by molar-refractivity contribution is 7.90. The number of esters is 1. The summed E-state index contributed by atoms with van der Waals surface area (Å²) in [6, 6.07) is 15.2. The van der Waals surface area contributed by atoms with Gasteiger partial charge >= 0.3 is 5.97 Å². The van der Waals surface area contributed by atoms with Crippen molar-refractivity contribution >= 4 is 27.7 Å². The zero-order valence-electron chi connectivity index (χ0n) is 16.0. The lowest BCUT2D eigenvalue weighted by Crippen LogP contribution is -2.31. The molecule has 1 atom stereocenters. The van der Waals surface area contributed by atoms with Gasteiger partial charge in [-0.2, -0.15) is 0 Å². The number of benzene rings is 2. The van der Waals surface area contributed by atoms with Gasteiger partial charge in [0, 0.05) is 25.2 Å². The number of nitrogens with one attached hydrogen (secondary N) is 1. The molecule has 29 heavy (non-hydrogen) atoms. The predicted octanol–water partition coefficient (Wildman–Crippen LogP) is 1.49. The monoisotopic (exact) mass is 415 g/mol. The van der Waals surface area contributed by atoms with Crippen LogP contribution < -0.4 is 4.72 Å². The Labute approximate surface area is 169 Å². The lowest BCUT2D eigenvalue weighted by atomic mass is 10.1. The number of fused-ring (bicyclic) bond motifs is 1. The molecular formula is C20H21N3O5S. The third-order valence-electron chi connectivity index (χ3n) is 4.27.